The maximum atomic E-state index is 12.8. The Labute approximate surface area is 163 Å². The summed E-state index contributed by atoms with van der Waals surface area (Å²) in [7, 11) is 0. The lowest BCUT2D eigenvalue weighted by Crippen LogP contribution is -2.36. The van der Waals surface area contributed by atoms with Crippen molar-refractivity contribution in [3.05, 3.63) is 46.0 Å². The number of nitrogens with zero attached hydrogens (tertiary/aromatic N) is 2. The monoisotopic (exact) mass is 384 g/mol. The Kier molecular flexibility index (Phi) is 5.11. The van der Waals surface area contributed by atoms with E-state index in [4.69, 9.17) is 0 Å². The average molecular weight is 385 g/mol. The van der Waals surface area contributed by atoms with Crippen LogP contribution in [0.1, 0.15) is 52.2 Å². The van der Waals surface area contributed by atoms with Crippen LogP contribution in [0, 0.1) is 6.92 Å². The molecule has 3 amide bonds. The van der Waals surface area contributed by atoms with Crippen molar-refractivity contribution < 1.29 is 9.59 Å². The molecular formula is C20H24N4O2S. The first-order valence-electron chi connectivity index (χ1n) is 9.50. The van der Waals surface area contributed by atoms with Crippen LogP contribution in [-0.2, 0) is 13.0 Å². The van der Waals surface area contributed by atoms with Crippen molar-refractivity contribution in [1.29, 1.82) is 0 Å². The van der Waals surface area contributed by atoms with Gasteiger partial charge in [0.25, 0.3) is 5.91 Å². The molecule has 4 rings (SSSR count). The third kappa shape index (κ3) is 4.13. The average Bonchev–Trinajstić information content (AvgIpc) is 3.29. The highest BCUT2D eigenvalue weighted by Gasteiger charge is 2.25. The first-order chi connectivity index (χ1) is 13.1. The van der Waals surface area contributed by atoms with E-state index in [1.165, 1.54) is 24.2 Å². The summed E-state index contributed by atoms with van der Waals surface area (Å²) in [5, 5.41) is 6.49. The van der Waals surface area contributed by atoms with Crippen LogP contribution in [0.2, 0.25) is 0 Å². The molecule has 2 heterocycles. The second-order valence-electron chi connectivity index (χ2n) is 7.31. The second-order valence-corrected chi connectivity index (χ2v) is 8.40. The summed E-state index contributed by atoms with van der Waals surface area (Å²) >= 11 is 1.46. The molecule has 1 saturated carbocycles. The van der Waals surface area contributed by atoms with Crippen molar-refractivity contribution in [2.45, 2.75) is 51.6 Å². The van der Waals surface area contributed by atoms with Gasteiger partial charge in [0.2, 0.25) is 0 Å². The van der Waals surface area contributed by atoms with Gasteiger partial charge in [-0.05, 0) is 31.9 Å². The molecule has 6 nitrogen and oxygen atoms in total. The Balaban J connectivity index is 1.40. The topological polar surface area (TPSA) is 74.3 Å². The fraction of sp³-hybridized carbons (Fsp3) is 0.450. The molecule has 142 valence electrons. The Morgan fingerprint density at radius 1 is 1.26 bits per heavy atom. The molecule has 1 aliphatic heterocycles. The molecule has 7 heteroatoms. The highest BCUT2D eigenvalue weighted by atomic mass is 32.1. The molecule has 1 fully saturated rings. The summed E-state index contributed by atoms with van der Waals surface area (Å²) in [4.78, 5) is 32.4. The molecule has 0 bridgehead atoms. The smallest absolute Gasteiger partial charge is 0.321 e. The Morgan fingerprint density at radius 2 is 2.07 bits per heavy atom. The lowest BCUT2D eigenvalue weighted by molar-refractivity contribution is 0.0736. The van der Waals surface area contributed by atoms with Crippen LogP contribution in [0.25, 0.3) is 0 Å². The predicted octanol–water partition coefficient (Wildman–Crippen LogP) is 3.71. The van der Waals surface area contributed by atoms with Crippen molar-refractivity contribution in [3.8, 4) is 0 Å². The quantitative estimate of drug-likeness (QED) is 0.847. The highest BCUT2D eigenvalue weighted by molar-refractivity contribution is 7.15. The van der Waals surface area contributed by atoms with E-state index in [1.807, 2.05) is 36.1 Å². The van der Waals surface area contributed by atoms with E-state index in [2.05, 4.69) is 15.6 Å². The van der Waals surface area contributed by atoms with Crippen LogP contribution in [0.5, 0.6) is 0 Å². The highest BCUT2D eigenvalue weighted by Crippen LogP contribution is 2.29. The summed E-state index contributed by atoms with van der Waals surface area (Å²) < 4.78 is 0. The second kappa shape index (κ2) is 7.68. The first-order valence-corrected chi connectivity index (χ1v) is 10.3. The number of hydrogen-bond acceptors (Lipinski definition) is 4. The molecule has 0 unspecified atom stereocenters. The molecule has 1 aromatic heterocycles. The number of aryl methyl sites for hydroxylation is 1. The van der Waals surface area contributed by atoms with Crippen molar-refractivity contribution in [3.63, 3.8) is 0 Å². The van der Waals surface area contributed by atoms with Gasteiger partial charge in [-0.1, -0.05) is 41.9 Å². The number of fused-ring (bicyclic) bond motifs is 1. The zero-order valence-electron chi connectivity index (χ0n) is 15.5. The van der Waals surface area contributed by atoms with Crippen LogP contribution in [0.3, 0.4) is 0 Å². The van der Waals surface area contributed by atoms with E-state index in [1.54, 1.807) is 0 Å². The molecule has 2 aliphatic rings. The van der Waals surface area contributed by atoms with Gasteiger partial charge in [-0.15, -0.1) is 0 Å². The number of thiazole rings is 1. The molecule has 1 aromatic carbocycles. The number of amides is 3. The molecule has 1 aliphatic carbocycles. The number of rotatable bonds is 3. The van der Waals surface area contributed by atoms with Crippen LogP contribution in [0.4, 0.5) is 9.93 Å². The van der Waals surface area contributed by atoms with Gasteiger partial charge >= 0.3 is 6.03 Å². The van der Waals surface area contributed by atoms with Gasteiger partial charge < -0.3 is 10.2 Å². The van der Waals surface area contributed by atoms with E-state index in [9.17, 15) is 9.59 Å². The number of benzene rings is 1. The van der Waals surface area contributed by atoms with Gasteiger partial charge in [-0.25, -0.2) is 9.78 Å². The zero-order chi connectivity index (χ0) is 18.8. The third-order valence-corrected chi connectivity index (χ3v) is 6.19. The lowest BCUT2D eigenvalue weighted by atomic mass is 10.1. The largest absolute Gasteiger partial charge is 0.335 e. The van der Waals surface area contributed by atoms with Crippen molar-refractivity contribution >= 4 is 28.4 Å². The van der Waals surface area contributed by atoms with Gasteiger partial charge in [-0.2, -0.15) is 0 Å². The minimum atomic E-state index is -0.180. The van der Waals surface area contributed by atoms with Gasteiger partial charge in [0, 0.05) is 29.4 Å². The number of aromatic nitrogens is 1. The summed E-state index contributed by atoms with van der Waals surface area (Å²) in [6.07, 6.45) is 5.19. The van der Waals surface area contributed by atoms with E-state index >= 15 is 0 Å². The number of anilines is 1. The zero-order valence-corrected chi connectivity index (χ0v) is 16.3. The SMILES string of the molecule is Cc1cccc(C(=O)N2CCc3nc(NC(=O)NC4CCCC4)sc3C2)c1. The molecule has 27 heavy (non-hydrogen) atoms. The normalized spacial score (nSPS) is 16.9. The lowest BCUT2D eigenvalue weighted by Gasteiger charge is -2.26. The number of carbonyl (C=O) groups excluding carboxylic acids is 2. The standard InChI is InChI=1S/C20H24N4O2S/c1-13-5-4-6-14(11-13)18(25)24-10-9-16-17(12-24)27-20(22-16)23-19(26)21-15-7-2-3-8-15/h4-6,11,15H,2-3,7-10,12H2,1H3,(H2,21,22,23,26). The van der Waals surface area contributed by atoms with Crippen LogP contribution in [-0.4, -0.2) is 34.4 Å². The minimum absolute atomic E-state index is 0.0474. The summed E-state index contributed by atoms with van der Waals surface area (Å²) in [6.45, 7) is 3.19. The molecule has 0 saturated heterocycles. The van der Waals surface area contributed by atoms with Crippen LogP contribution >= 0.6 is 11.3 Å². The fourth-order valence-corrected chi connectivity index (χ4v) is 4.79. The molecule has 2 aromatic rings. The van der Waals surface area contributed by atoms with Crippen molar-refractivity contribution in [2.24, 2.45) is 0 Å². The Morgan fingerprint density at radius 3 is 2.85 bits per heavy atom. The van der Waals surface area contributed by atoms with Crippen LogP contribution < -0.4 is 10.6 Å². The number of hydrogen-bond donors (Lipinski definition) is 2. The van der Waals surface area contributed by atoms with Crippen molar-refractivity contribution in [2.75, 3.05) is 11.9 Å². The van der Waals surface area contributed by atoms with E-state index < -0.39 is 0 Å². The first kappa shape index (κ1) is 18.0. The van der Waals surface area contributed by atoms with Gasteiger partial charge in [0.05, 0.1) is 12.2 Å². The number of urea groups is 1. The Hall–Kier alpha value is -2.41. The van der Waals surface area contributed by atoms with E-state index in [-0.39, 0.29) is 18.0 Å². The molecule has 0 spiro atoms. The predicted molar refractivity (Wildman–Crippen MR) is 106 cm³/mol. The minimum Gasteiger partial charge on any atom is -0.335 e. The number of nitrogens with one attached hydrogen (secondary N) is 2. The van der Waals surface area contributed by atoms with E-state index in [0.29, 0.717) is 18.2 Å². The summed E-state index contributed by atoms with van der Waals surface area (Å²) in [6, 6.07) is 7.78. The third-order valence-electron chi connectivity index (χ3n) is 5.19. The van der Waals surface area contributed by atoms with Gasteiger partial charge in [-0.3, -0.25) is 10.1 Å². The number of carbonyl (C=O) groups is 2. The maximum absolute atomic E-state index is 12.8. The van der Waals surface area contributed by atoms with Crippen LogP contribution in [0.15, 0.2) is 24.3 Å². The van der Waals surface area contributed by atoms with Crippen molar-refractivity contribution in [1.82, 2.24) is 15.2 Å². The molecule has 0 atom stereocenters. The van der Waals surface area contributed by atoms with E-state index in [0.717, 1.165) is 41.0 Å². The van der Waals surface area contributed by atoms with Gasteiger partial charge in [0.1, 0.15) is 0 Å². The fourth-order valence-electron chi connectivity index (χ4n) is 3.77. The Bertz CT molecular complexity index is 857. The molecule has 0 radical (unpaired) electrons. The maximum Gasteiger partial charge on any atom is 0.321 e. The van der Waals surface area contributed by atoms with Gasteiger partial charge in [0.15, 0.2) is 5.13 Å². The summed E-state index contributed by atoms with van der Waals surface area (Å²) in [5.41, 5.74) is 2.79. The summed E-state index contributed by atoms with van der Waals surface area (Å²) in [5.74, 6) is 0.0474. The molecule has 2 N–H and O–H groups in total. The molecular weight excluding hydrogens is 360 g/mol.